The van der Waals surface area contributed by atoms with Crippen molar-refractivity contribution in [3.63, 3.8) is 0 Å². The molecule has 0 aliphatic carbocycles. The van der Waals surface area contributed by atoms with Gasteiger partial charge in [-0.2, -0.15) is 0 Å². The molecule has 3 rings (SSSR count). The van der Waals surface area contributed by atoms with Crippen LogP contribution in [0, 0.1) is 0 Å². The Balaban J connectivity index is 1.77. The maximum atomic E-state index is 11.9. The van der Waals surface area contributed by atoms with Crippen molar-refractivity contribution in [2.24, 2.45) is 0 Å². The summed E-state index contributed by atoms with van der Waals surface area (Å²) in [7, 11) is 1.61. The van der Waals surface area contributed by atoms with Gasteiger partial charge in [-0.3, -0.25) is 0 Å². The van der Waals surface area contributed by atoms with E-state index in [0.717, 1.165) is 17.5 Å². The maximum Gasteiger partial charge on any atom is 0.347 e. The number of benzene rings is 2. The Kier molecular flexibility index (Phi) is 5.43. The van der Waals surface area contributed by atoms with E-state index < -0.39 is 6.10 Å². The van der Waals surface area contributed by atoms with Crippen LogP contribution in [0.1, 0.15) is 24.5 Å². The number of rotatable bonds is 6. The molecule has 132 valence electrons. The molecule has 0 bridgehead atoms. The highest BCUT2D eigenvalue weighted by Crippen LogP contribution is 2.38. The molecule has 0 saturated carbocycles. The lowest BCUT2D eigenvalue weighted by Crippen LogP contribution is -2.32. The van der Waals surface area contributed by atoms with Crippen LogP contribution in [0.5, 0.6) is 17.2 Å². The van der Waals surface area contributed by atoms with Crippen LogP contribution >= 0.6 is 0 Å². The van der Waals surface area contributed by atoms with Crippen LogP contribution in [0.2, 0.25) is 0 Å². The first kappa shape index (κ1) is 17.1. The highest BCUT2D eigenvalue weighted by Gasteiger charge is 2.28. The summed E-state index contributed by atoms with van der Waals surface area (Å²) in [6.07, 6.45) is 0.760. The fourth-order valence-corrected chi connectivity index (χ4v) is 2.80. The van der Waals surface area contributed by atoms with E-state index in [1.54, 1.807) is 20.1 Å². The molecule has 0 amide bonds. The van der Waals surface area contributed by atoms with Crippen LogP contribution in [0.15, 0.2) is 42.5 Å². The van der Waals surface area contributed by atoms with Crippen molar-refractivity contribution >= 4 is 5.97 Å². The topological polar surface area (TPSA) is 54.0 Å². The molecule has 25 heavy (non-hydrogen) atoms. The van der Waals surface area contributed by atoms with E-state index in [0.29, 0.717) is 36.9 Å². The van der Waals surface area contributed by atoms with Crippen LogP contribution in [-0.2, 0) is 22.6 Å². The first-order valence-electron chi connectivity index (χ1n) is 8.42. The standard InChI is InChI=1S/C20H22O5/c1-3-23-20(21)16-10-9-15-11-18(22-2)19(12-17(15)25-16)24-13-14-7-5-4-6-8-14/h4-8,11-12,16H,3,9-10,13H2,1-2H3. The summed E-state index contributed by atoms with van der Waals surface area (Å²) < 4.78 is 22.2. The minimum absolute atomic E-state index is 0.323. The average Bonchev–Trinajstić information content (AvgIpc) is 2.66. The third kappa shape index (κ3) is 4.05. The van der Waals surface area contributed by atoms with E-state index in [-0.39, 0.29) is 5.97 Å². The largest absolute Gasteiger partial charge is 0.493 e. The number of methoxy groups -OCH3 is 1. The molecule has 2 aromatic carbocycles. The molecular weight excluding hydrogens is 320 g/mol. The number of hydrogen-bond acceptors (Lipinski definition) is 5. The van der Waals surface area contributed by atoms with E-state index in [1.165, 1.54) is 0 Å². The number of esters is 1. The van der Waals surface area contributed by atoms with Crippen LogP contribution in [0.4, 0.5) is 0 Å². The molecule has 5 heteroatoms. The summed E-state index contributed by atoms with van der Waals surface area (Å²) in [6.45, 7) is 2.56. The van der Waals surface area contributed by atoms with Crippen molar-refractivity contribution in [2.75, 3.05) is 13.7 Å². The number of carbonyl (C=O) groups is 1. The van der Waals surface area contributed by atoms with E-state index in [9.17, 15) is 4.79 Å². The van der Waals surface area contributed by atoms with Gasteiger partial charge in [0, 0.05) is 6.07 Å². The van der Waals surface area contributed by atoms with Gasteiger partial charge in [-0.15, -0.1) is 0 Å². The Morgan fingerprint density at radius 1 is 1.20 bits per heavy atom. The smallest absolute Gasteiger partial charge is 0.347 e. The first-order chi connectivity index (χ1) is 12.2. The summed E-state index contributed by atoms with van der Waals surface area (Å²) in [5.74, 6) is 1.58. The normalized spacial score (nSPS) is 15.7. The van der Waals surface area contributed by atoms with Gasteiger partial charge in [0.2, 0.25) is 0 Å². The second kappa shape index (κ2) is 7.92. The van der Waals surface area contributed by atoms with Crippen LogP contribution < -0.4 is 14.2 Å². The Hall–Kier alpha value is -2.69. The average molecular weight is 342 g/mol. The van der Waals surface area contributed by atoms with Gasteiger partial charge in [-0.1, -0.05) is 30.3 Å². The first-order valence-corrected chi connectivity index (χ1v) is 8.42. The molecule has 0 N–H and O–H groups in total. The van der Waals surface area contributed by atoms with E-state index in [2.05, 4.69) is 0 Å². The van der Waals surface area contributed by atoms with Gasteiger partial charge in [-0.05, 0) is 37.0 Å². The van der Waals surface area contributed by atoms with Crippen molar-refractivity contribution in [3.05, 3.63) is 53.6 Å². The zero-order chi connectivity index (χ0) is 17.6. The minimum Gasteiger partial charge on any atom is -0.493 e. The Morgan fingerprint density at radius 3 is 2.72 bits per heavy atom. The Morgan fingerprint density at radius 2 is 2.00 bits per heavy atom. The molecule has 2 aromatic rings. The molecule has 1 unspecified atom stereocenters. The third-order valence-electron chi connectivity index (χ3n) is 4.08. The second-order valence-electron chi connectivity index (χ2n) is 5.78. The second-order valence-corrected chi connectivity index (χ2v) is 5.78. The number of ether oxygens (including phenoxy) is 4. The van der Waals surface area contributed by atoms with Gasteiger partial charge in [0.05, 0.1) is 13.7 Å². The lowest BCUT2D eigenvalue weighted by atomic mass is 10.0. The van der Waals surface area contributed by atoms with Gasteiger partial charge in [0.25, 0.3) is 0 Å². The van der Waals surface area contributed by atoms with Crippen molar-refractivity contribution in [2.45, 2.75) is 32.5 Å². The fraction of sp³-hybridized carbons (Fsp3) is 0.350. The minimum atomic E-state index is -0.567. The number of carbonyl (C=O) groups excluding carboxylic acids is 1. The van der Waals surface area contributed by atoms with Crippen LogP contribution in [0.25, 0.3) is 0 Å². The van der Waals surface area contributed by atoms with Crippen molar-refractivity contribution in [1.82, 2.24) is 0 Å². The summed E-state index contributed by atoms with van der Waals surface area (Å²) in [4.78, 5) is 11.9. The maximum absolute atomic E-state index is 11.9. The van der Waals surface area contributed by atoms with E-state index in [1.807, 2.05) is 36.4 Å². The van der Waals surface area contributed by atoms with Gasteiger partial charge < -0.3 is 18.9 Å². The van der Waals surface area contributed by atoms with Gasteiger partial charge >= 0.3 is 5.97 Å². The zero-order valence-electron chi connectivity index (χ0n) is 14.5. The Labute approximate surface area is 147 Å². The van der Waals surface area contributed by atoms with E-state index in [4.69, 9.17) is 18.9 Å². The molecule has 1 atom stereocenters. The van der Waals surface area contributed by atoms with Crippen molar-refractivity contribution in [1.29, 1.82) is 0 Å². The number of fused-ring (bicyclic) bond motifs is 1. The SMILES string of the molecule is CCOC(=O)C1CCc2cc(OC)c(OCc3ccccc3)cc2O1. The molecule has 1 aliphatic heterocycles. The molecule has 1 aliphatic rings. The fourth-order valence-electron chi connectivity index (χ4n) is 2.80. The Bertz CT molecular complexity index is 726. The zero-order valence-corrected chi connectivity index (χ0v) is 14.5. The number of hydrogen-bond donors (Lipinski definition) is 0. The monoisotopic (exact) mass is 342 g/mol. The predicted molar refractivity (Wildman–Crippen MR) is 93.1 cm³/mol. The highest BCUT2D eigenvalue weighted by molar-refractivity contribution is 5.75. The lowest BCUT2D eigenvalue weighted by molar-refractivity contribution is -0.152. The van der Waals surface area contributed by atoms with Gasteiger partial charge in [-0.25, -0.2) is 4.79 Å². The summed E-state index contributed by atoms with van der Waals surface area (Å²) in [5, 5.41) is 0. The quantitative estimate of drug-likeness (QED) is 0.752. The molecule has 0 aromatic heterocycles. The summed E-state index contributed by atoms with van der Waals surface area (Å²) >= 11 is 0. The third-order valence-corrected chi connectivity index (χ3v) is 4.08. The van der Waals surface area contributed by atoms with Crippen molar-refractivity contribution in [3.8, 4) is 17.2 Å². The lowest BCUT2D eigenvalue weighted by Gasteiger charge is -2.25. The molecular formula is C20H22O5. The highest BCUT2D eigenvalue weighted by atomic mass is 16.6. The van der Waals surface area contributed by atoms with Gasteiger partial charge in [0.1, 0.15) is 12.4 Å². The van der Waals surface area contributed by atoms with E-state index >= 15 is 0 Å². The van der Waals surface area contributed by atoms with Crippen LogP contribution in [-0.4, -0.2) is 25.8 Å². The van der Waals surface area contributed by atoms with Gasteiger partial charge in [0.15, 0.2) is 17.6 Å². The summed E-state index contributed by atoms with van der Waals surface area (Å²) in [5.41, 5.74) is 2.07. The van der Waals surface area contributed by atoms with Crippen LogP contribution in [0.3, 0.4) is 0 Å². The van der Waals surface area contributed by atoms with Crippen molar-refractivity contribution < 1.29 is 23.7 Å². The predicted octanol–water partition coefficient (Wildman–Crippen LogP) is 3.53. The molecule has 0 spiro atoms. The molecule has 0 fully saturated rings. The molecule has 0 radical (unpaired) electrons. The summed E-state index contributed by atoms with van der Waals surface area (Å²) in [6, 6.07) is 13.6. The molecule has 0 saturated heterocycles. The number of aryl methyl sites for hydroxylation is 1. The molecule has 5 nitrogen and oxygen atoms in total. The molecule has 1 heterocycles.